The fourth-order valence-electron chi connectivity index (χ4n) is 2.06. The predicted molar refractivity (Wildman–Crippen MR) is 89.7 cm³/mol. The molecule has 2 rings (SSSR count). The van der Waals surface area contributed by atoms with Gasteiger partial charge >= 0.3 is 7.12 Å². The van der Waals surface area contributed by atoms with Gasteiger partial charge in [-0.1, -0.05) is 11.6 Å². The third kappa shape index (κ3) is 3.96. The summed E-state index contributed by atoms with van der Waals surface area (Å²) in [4.78, 5) is 0.0259. The topological polar surface area (TPSA) is 52.6 Å². The van der Waals surface area contributed by atoms with Crippen LogP contribution in [0.15, 0.2) is 28.8 Å². The highest BCUT2D eigenvalue weighted by Gasteiger charge is 2.53. The Balaban J connectivity index is 2.35. The van der Waals surface area contributed by atoms with Gasteiger partial charge in [0.2, 0.25) is 0 Å². The maximum Gasteiger partial charge on any atom is 0.525 e. The monoisotopic (exact) mass is 360 g/mol. The minimum absolute atomic E-state index is 0.0259. The molecule has 0 aliphatic carbocycles. The number of hydrogen-bond donors (Lipinski definition) is 0. The fraction of sp³-hybridized carbons (Fsp3) is 0.467. The first-order valence-electron chi connectivity index (χ1n) is 7.05. The van der Waals surface area contributed by atoms with Gasteiger partial charge in [0.15, 0.2) is 9.84 Å². The average molecular weight is 361 g/mol. The van der Waals surface area contributed by atoms with E-state index in [4.69, 9.17) is 20.9 Å². The van der Waals surface area contributed by atoms with Crippen LogP contribution in [0.3, 0.4) is 0 Å². The lowest BCUT2D eigenvalue weighted by molar-refractivity contribution is 0.00578. The zero-order valence-corrected chi connectivity index (χ0v) is 15.3. The van der Waals surface area contributed by atoms with Crippen molar-refractivity contribution in [1.29, 1.82) is 0 Å². The predicted octanol–water partition coefficient (Wildman–Crippen LogP) is 3.69. The summed E-state index contributed by atoms with van der Waals surface area (Å²) in [7, 11) is -4.58. The molecule has 23 heavy (non-hydrogen) atoms. The summed E-state index contributed by atoms with van der Waals surface area (Å²) in [5.41, 5.74) is -1.64. The first kappa shape index (κ1) is 18.5. The van der Waals surface area contributed by atoms with Crippen molar-refractivity contribution in [3.63, 3.8) is 0 Å². The van der Waals surface area contributed by atoms with Crippen molar-refractivity contribution < 1.29 is 22.1 Å². The van der Waals surface area contributed by atoms with Gasteiger partial charge < -0.3 is 9.31 Å². The second-order valence-corrected chi connectivity index (χ2v) is 9.06. The first-order valence-corrected chi connectivity index (χ1v) is 9.32. The second-order valence-electron chi connectivity index (χ2n) is 6.61. The molecule has 0 aromatic heterocycles. The lowest BCUT2D eigenvalue weighted by Gasteiger charge is -2.32. The summed E-state index contributed by atoms with van der Waals surface area (Å²) >= 11 is 5.91. The molecule has 1 aromatic carbocycles. The molecule has 1 aliphatic rings. The highest BCUT2D eigenvalue weighted by molar-refractivity contribution is 7.90. The molecule has 0 saturated carbocycles. The van der Waals surface area contributed by atoms with Crippen molar-refractivity contribution in [3.05, 3.63) is 34.5 Å². The Morgan fingerprint density at radius 2 is 1.70 bits per heavy atom. The van der Waals surface area contributed by atoms with Gasteiger partial charge in [0.25, 0.3) is 0 Å². The van der Waals surface area contributed by atoms with Crippen LogP contribution in [0.1, 0.15) is 33.3 Å². The molecule has 0 radical (unpaired) electrons. The van der Waals surface area contributed by atoms with Gasteiger partial charge in [-0.05, 0) is 57.5 Å². The molecule has 126 valence electrons. The van der Waals surface area contributed by atoms with E-state index in [1.165, 1.54) is 24.3 Å². The smallest absolute Gasteiger partial charge is 0.398 e. The van der Waals surface area contributed by atoms with Crippen molar-refractivity contribution in [2.24, 2.45) is 0 Å². The third-order valence-electron chi connectivity index (χ3n) is 4.10. The van der Waals surface area contributed by atoms with Crippen LogP contribution in [0, 0.1) is 0 Å². The van der Waals surface area contributed by atoms with Gasteiger partial charge in [0.1, 0.15) is 5.73 Å². The molecule has 0 N–H and O–H groups in total. The van der Waals surface area contributed by atoms with E-state index >= 15 is 0 Å². The number of sulfone groups is 1. The zero-order valence-electron chi connectivity index (χ0n) is 13.7. The summed E-state index contributed by atoms with van der Waals surface area (Å²) in [5.74, 6) is 0. The Morgan fingerprint density at radius 1 is 1.17 bits per heavy atom. The maximum absolute atomic E-state index is 14.5. The maximum atomic E-state index is 14.5. The van der Waals surface area contributed by atoms with Gasteiger partial charge in [-0.15, -0.1) is 0 Å². The summed E-state index contributed by atoms with van der Waals surface area (Å²) in [6, 6.07) is 4.15. The molecule has 1 aliphatic heterocycles. The molecule has 1 saturated heterocycles. The van der Waals surface area contributed by atoms with Crippen LogP contribution in [0.25, 0.3) is 6.08 Å². The summed E-state index contributed by atoms with van der Waals surface area (Å²) in [6.07, 6.45) is 2.24. The Labute approximate surface area is 141 Å². The molecule has 0 bridgehead atoms. The molecule has 0 spiro atoms. The van der Waals surface area contributed by atoms with Gasteiger partial charge in [0, 0.05) is 11.3 Å². The van der Waals surface area contributed by atoms with Crippen LogP contribution in [0.5, 0.6) is 0 Å². The van der Waals surface area contributed by atoms with Gasteiger partial charge in [-0.25, -0.2) is 12.8 Å². The van der Waals surface area contributed by atoms with Crippen LogP contribution >= 0.6 is 11.6 Å². The molecule has 0 atom stereocenters. The summed E-state index contributed by atoms with van der Waals surface area (Å²) < 4.78 is 48.9. The van der Waals surface area contributed by atoms with Crippen molar-refractivity contribution >= 4 is 34.6 Å². The molecular weight excluding hydrogens is 341 g/mol. The zero-order chi connectivity index (χ0) is 17.6. The minimum atomic E-state index is -3.44. The SMILES string of the molecule is CC1(C)OB(C(F)=Cc2cc(Cl)cc(S(C)(=O)=O)c2)OC1(C)C. The molecular formula is C15H19BClFO4S. The van der Waals surface area contributed by atoms with Crippen molar-refractivity contribution in [2.45, 2.75) is 43.8 Å². The highest BCUT2D eigenvalue weighted by atomic mass is 35.5. The molecule has 0 unspecified atom stereocenters. The van der Waals surface area contributed by atoms with Gasteiger partial charge in [0.05, 0.1) is 16.1 Å². The lowest BCUT2D eigenvalue weighted by Crippen LogP contribution is -2.41. The fourth-order valence-corrected chi connectivity index (χ4v) is 3.06. The van der Waals surface area contributed by atoms with Crippen molar-refractivity contribution in [2.75, 3.05) is 6.26 Å². The third-order valence-corrected chi connectivity index (χ3v) is 5.41. The van der Waals surface area contributed by atoms with Crippen LogP contribution in [-0.4, -0.2) is 33.0 Å². The molecule has 1 aromatic rings. The van der Waals surface area contributed by atoms with E-state index in [-0.39, 0.29) is 9.92 Å². The van der Waals surface area contributed by atoms with Crippen molar-refractivity contribution in [3.8, 4) is 0 Å². The van der Waals surface area contributed by atoms with E-state index in [9.17, 15) is 12.8 Å². The van der Waals surface area contributed by atoms with E-state index in [0.717, 1.165) is 6.26 Å². The normalized spacial score (nSPS) is 20.8. The molecule has 4 nitrogen and oxygen atoms in total. The van der Waals surface area contributed by atoms with E-state index in [1.807, 2.05) is 27.7 Å². The molecule has 8 heteroatoms. The summed E-state index contributed by atoms with van der Waals surface area (Å²) in [6.45, 7) is 7.28. The Kier molecular flexibility index (Phi) is 4.72. The van der Waals surface area contributed by atoms with E-state index in [0.29, 0.717) is 5.56 Å². The Morgan fingerprint density at radius 3 is 2.17 bits per heavy atom. The molecule has 1 fully saturated rings. The molecule has 0 amide bonds. The second kappa shape index (κ2) is 5.88. The minimum Gasteiger partial charge on any atom is -0.398 e. The quantitative estimate of drug-likeness (QED) is 0.772. The highest BCUT2D eigenvalue weighted by Crippen LogP contribution is 2.39. The van der Waals surface area contributed by atoms with Gasteiger partial charge in [-0.2, -0.15) is 0 Å². The number of hydrogen-bond acceptors (Lipinski definition) is 4. The number of benzene rings is 1. The first-order chi connectivity index (χ1) is 10.3. The number of rotatable bonds is 3. The Hall–Kier alpha value is -0.885. The van der Waals surface area contributed by atoms with Gasteiger partial charge in [-0.3, -0.25) is 0 Å². The van der Waals surface area contributed by atoms with E-state index in [2.05, 4.69) is 0 Å². The van der Waals surface area contributed by atoms with Crippen LogP contribution < -0.4 is 0 Å². The lowest BCUT2D eigenvalue weighted by atomic mass is 9.87. The molecule has 1 heterocycles. The summed E-state index contributed by atoms with van der Waals surface area (Å²) in [5, 5.41) is 0.209. The number of halogens is 2. The average Bonchev–Trinajstić information content (AvgIpc) is 2.56. The largest absolute Gasteiger partial charge is 0.525 e. The van der Waals surface area contributed by atoms with Crippen LogP contribution in [-0.2, 0) is 19.1 Å². The van der Waals surface area contributed by atoms with E-state index < -0.39 is 33.9 Å². The Bertz CT molecular complexity index is 743. The van der Waals surface area contributed by atoms with Crippen LogP contribution in [0.2, 0.25) is 5.02 Å². The van der Waals surface area contributed by atoms with Crippen LogP contribution in [0.4, 0.5) is 4.39 Å². The van der Waals surface area contributed by atoms with Crippen molar-refractivity contribution in [1.82, 2.24) is 0 Å². The van der Waals surface area contributed by atoms with E-state index in [1.54, 1.807) is 0 Å². The standard InChI is InChI=1S/C15H19BClFO4S/c1-14(2)15(3,4)22-16(21-14)13(18)8-10-6-11(17)9-12(7-10)23(5,19)20/h6-9H,1-5H3.